The monoisotopic (exact) mass is 372 g/mol. The van der Waals surface area contributed by atoms with Crippen LogP contribution < -0.4 is 5.32 Å². The van der Waals surface area contributed by atoms with Crippen LogP contribution in [0.1, 0.15) is 24.8 Å². The summed E-state index contributed by atoms with van der Waals surface area (Å²) in [4.78, 5) is 14.6. The van der Waals surface area contributed by atoms with Crippen molar-refractivity contribution in [1.29, 1.82) is 0 Å². The number of fused-ring (bicyclic) bond motifs is 1. The Morgan fingerprint density at radius 3 is 2.73 bits per heavy atom. The van der Waals surface area contributed by atoms with E-state index in [-0.39, 0.29) is 29.6 Å². The maximum atomic E-state index is 12.7. The third-order valence-electron chi connectivity index (χ3n) is 5.53. The van der Waals surface area contributed by atoms with Crippen LogP contribution in [0.2, 0.25) is 0 Å². The van der Waals surface area contributed by atoms with E-state index < -0.39 is 9.84 Å². The van der Waals surface area contributed by atoms with Crippen molar-refractivity contribution in [2.24, 2.45) is 0 Å². The molecule has 5 nitrogen and oxygen atoms in total. The van der Waals surface area contributed by atoms with Gasteiger partial charge in [0.15, 0.2) is 9.84 Å². The Bertz CT molecular complexity index is 920. The summed E-state index contributed by atoms with van der Waals surface area (Å²) in [7, 11) is -2.98. The van der Waals surface area contributed by atoms with Crippen LogP contribution in [0.25, 0.3) is 10.8 Å². The fourth-order valence-corrected chi connectivity index (χ4v) is 5.88. The second kappa shape index (κ2) is 6.91. The Labute approximate surface area is 154 Å². The highest BCUT2D eigenvalue weighted by Crippen LogP contribution is 2.26. The number of carbonyl (C=O) groups is 1. The number of nitrogens with zero attached hydrogens (tertiary/aromatic N) is 1. The lowest BCUT2D eigenvalue weighted by molar-refractivity contribution is 0.189. The average Bonchev–Trinajstić information content (AvgIpc) is 3.21. The van der Waals surface area contributed by atoms with E-state index in [1.54, 1.807) is 0 Å². The minimum absolute atomic E-state index is 0.0700. The van der Waals surface area contributed by atoms with Gasteiger partial charge in [0.1, 0.15) is 0 Å². The summed E-state index contributed by atoms with van der Waals surface area (Å²) >= 11 is 0. The molecule has 0 radical (unpaired) electrons. The van der Waals surface area contributed by atoms with Gasteiger partial charge in [-0.2, -0.15) is 0 Å². The molecular formula is C20H24N2O3S. The number of rotatable bonds is 3. The van der Waals surface area contributed by atoms with E-state index in [2.05, 4.69) is 35.6 Å². The van der Waals surface area contributed by atoms with E-state index in [0.717, 1.165) is 25.8 Å². The molecule has 0 saturated carbocycles. The molecule has 0 aliphatic carbocycles. The van der Waals surface area contributed by atoms with Gasteiger partial charge in [-0.05, 0) is 42.0 Å². The molecular weight excluding hydrogens is 348 g/mol. The zero-order valence-corrected chi connectivity index (χ0v) is 15.5. The zero-order valence-electron chi connectivity index (χ0n) is 14.7. The van der Waals surface area contributed by atoms with Crippen molar-refractivity contribution in [2.75, 3.05) is 18.1 Å². The molecule has 4 rings (SSSR count). The Morgan fingerprint density at radius 1 is 1.12 bits per heavy atom. The first kappa shape index (κ1) is 17.3. The van der Waals surface area contributed by atoms with Gasteiger partial charge in [0.05, 0.1) is 11.5 Å². The highest BCUT2D eigenvalue weighted by molar-refractivity contribution is 7.91. The van der Waals surface area contributed by atoms with Crippen molar-refractivity contribution < 1.29 is 13.2 Å². The molecule has 2 amide bonds. The highest BCUT2D eigenvalue weighted by Gasteiger charge is 2.33. The molecule has 2 aliphatic rings. The maximum absolute atomic E-state index is 12.7. The van der Waals surface area contributed by atoms with E-state index in [1.165, 1.54) is 16.3 Å². The van der Waals surface area contributed by atoms with E-state index in [0.29, 0.717) is 6.42 Å². The van der Waals surface area contributed by atoms with Gasteiger partial charge in [-0.1, -0.05) is 42.5 Å². The van der Waals surface area contributed by atoms with Gasteiger partial charge in [0.2, 0.25) is 0 Å². The fourth-order valence-electron chi connectivity index (χ4n) is 4.21. The Kier molecular flexibility index (Phi) is 4.61. The van der Waals surface area contributed by atoms with Gasteiger partial charge in [-0.3, -0.25) is 0 Å². The maximum Gasteiger partial charge on any atom is 0.317 e. The quantitative estimate of drug-likeness (QED) is 0.901. The number of benzene rings is 2. The minimum Gasteiger partial charge on any atom is -0.334 e. The van der Waals surface area contributed by atoms with Gasteiger partial charge in [-0.25, -0.2) is 13.2 Å². The largest absolute Gasteiger partial charge is 0.334 e. The summed E-state index contributed by atoms with van der Waals surface area (Å²) < 4.78 is 23.2. The third kappa shape index (κ3) is 3.56. The minimum atomic E-state index is -2.98. The molecule has 0 spiro atoms. The number of likely N-dealkylation sites (tertiary alicyclic amines) is 1. The first-order valence-electron chi connectivity index (χ1n) is 9.26. The van der Waals surface area contributed by atoms with Crippen molar-refractivity contribution in [3.63, 3.8) is 0 Å². The fraction of sp³-hybridized carbons (Fsp3) is 0.450. The molecule has 2 aromatic carbocycles. The van der Waals surface area contributed by atoms with Crippen molar-refractivity contribution in [1.82, 2.24) is 10.2 Å². The first-order valence-corrected chi connectivity index (χ1v) is 11.1. The molecule has 1 N–H and O–H groups in total. The second-order valence-electron chi connectivity index (χ2n) is 7.38. The molecule has 2 atom stereocenters. The average molecular weight is 372 g/mol. The van der Waals surface area contributed by atoms with E-state index in [4.69, 9.17) is 0 Å². The molecule has 2 saturated heterocycles. The molecule has 0 unspecified atom stereocenters. The van der Waals surface area contributed by atoms with Crippen LogP contribution in [0, 0.1) is 0 Å². The van der Waals surface area contributed by atoms with E-state index in [9.17, 15) is 13.2 Å². The molecule has 6 heteroatoms. The number of carbonyl (C=O) groups excluding carboxylic acids is 1. The van der Waals surface area contributed by atoms with Crippen LogP contribution in [-0.4, -0.2) is 49.5 Å². The van der Waals surface area contributed by atoms with Gasteiger partial charge in [-0.15, -0.1) is 0 Å². The lowest BCUT2D eigenvalue weighted by Crippen LogP contribution is -2.47. The summed E-state index contributed by atoms with van der Waals surface area (Å²) in [5.74, 6) is 0.248. The molecule has 0 aromatic heterocycles. The second-order valence-corrected chi connectivity index (χ2v) is 9.61. The highest BCUT2D eigenvalue weighted by atomic mass is 32.2. The normalized spacial score (nSPS) is 24.8. The molecule has 26 heavy (non-hydrogen) atoms. The SMILES string of the molecule is O=C(N[C@H]1CCS(=O)(=O)C1)N1CCC[C@H]1Cc1cccc2ccccc12. The van der Waals surface area contributed by atoms with Crippen molar-refractivity contribution >= 4 is 26.6 Å². The topological polar surface area (TPSA) is 66.5 Å². The third-order valence-corrected chi connectivity index (χ3v) is 7.30. The molecule has 2 heterocycles. The molecule has 0 bridgehead atoms. The van der Waals surface area contributed by atoms with Crippen LogP contribution in [0.4, 0.5) is 4.79 Å². The molecule has 2 aromatic rings. The number of nitrogens with one attached hydrogen (secondary N) is 1. The Balaban J connectivity index is 1.47. The van der Waals surface area contributed by atoms with Gasteiger partial charge < -0.3 is 10.2 Å². The number of amides is 2. The first-order chi connectivity index (χ1) is 12.5. The lowest BCUT2D eigenvalue weighted by Gasteiger charge is -2.27. The predicted molar refractivity (Wildman–Crippen MR) is 103 cm³/mol. The van der Waals surface area contributed by atoms with Gasteiger partial charge in [0.25, 0.3) is 0 Å². The molecule has 2 aliphatic heterocycles. The lowest BCUT2D eigenvalue weighted by atomic mass is 9.98. The Morgan fingerprint density at radius 2 is 1.92 bits per heavy atom. The van der Waals surface area contributed by atoms with Crippen molar-refractivity contribution in [3.05, 3.63) is 48.0 Å². The van der Waals surface area contributed by atoms with Crippen molar-refractivity contribution in [3.8, 4) is 0 Å². The Hall–Kier alpha value is -2.08. The summed E-state index contributed by atoms with van der Waals surface area (Å²) in [5, 5.41) is 5.39. The van der Waals surface area contributed by atoms with E-state index >= 15 is 0 Å². The smallest absolute Gasteiger partial charge is 0.317 e. The summed E-state index contributed by atoms with van der Waals surface area (Å²) in [6.45, 7) is 0.737. The van der Waals surface area contributed by atoms with Gasteiger partial charge >= 0.3 is 6.03 Å². The standard InChI is InChI=1S/C20H24N2O3S/c23-20(21-17-10-12-26(24,25)14-17)22-11-4-8-18(22)13-16-7-3-6-15-5-1-2-9-19(15)16/h1-3,5-7,9,17-18H,4,8,10-14H2,(H,21,23)/t17-,18-/m0/s1. The summed E-state index contributed by atoms with van der Waals surface area (Å²) in [6, 6.07) is 14.5. The van der Waals surface area contributed by atoms with Crippen LogP contribution in [0.3, 0.4) is 0 Å². The van der Waals surface area contributed by atoms with Crippen molar-refractivity contribution in [2.45, 2.75) is 37.8 Å². The van der Waals surface area contributed by atoms with Crippen LogP contribution in [0.5, 0.6) is 0 Å². The molecule has 2 fully saturated rings. The number of hydrogen-bond acceptors (Lipinski definition) is 3. The molecule has 138 valence electrons. The number of hydrogen-bond donors (Lipinski definition) is 1. The summed E-state index contributed by atoms with van der Waals surface area (Å²) in [6.07, 6.45) is 3.33. The summed E-state index contributed by atoms with van der Waals surface area (Å²) in [5.41, 5.74) is 1.26. The van der Waals surface area contributed by atoms with Crippen LogP contribution >= 0.6 is 0 Å². The van der Waals surface area contributed by atoms with Crippen LogP contribution in [0.15, 0.2) is 42.5 Å². The zero-order chi connectivity index (χ0) is 18.1. The predicted octanol–water partition coefficient (Wildman–Crippen LogP) is 2.74. The van der Waals surface area contributed by atoms with Gasteiger partial charge in [0, 0.05) is 18.6 Å². The number of sulfone groups is 1. The van der Waals surface area contributed by atoms with Crippen LogP contribution in [-0.2, 0) is 16.3 Å². The van der Waals surface area contributed by atoms with E-state index in [1.807, 2.05) is 17.0 Å². The number of urea groups is 1.